The molecule has 0 aliphatic rings. The van der Waals surface area contributed by atoms with Gasteiger partial charge in [0.25, 0.3) is 0 Å². The van der Waals surface area contributed by atoms with Gasteiger partial charge in [-0.25, -0.2) is 9.59 Å². The minimum atomic E-state index is -1.82. The lowest BCUT2D eigenvalue weighted by Crippen LogP contribution is -2.27. The fourth-order valence-corrected chi connectivity index (χ4v) is 3.08. The molecule has 0 fully saturated rings. The van der Waals surface area contributed by atoms with Crippen molar-refractivity contribution in [1.29, 1.82) is 0 Å². The summed E-state index contributed by atoms with van der Waals surface area (Å²) in [6.45, 7) is 10.9. The summed E-state index contributed by atoms with van der Waals surface area (Å²) < 4.78 is 79.3. The predicted molar refractivity (Wildman–Crippen MR) is 144 cm³/mol. The maximum Gasteiger partial charge on any atom is 0.412 e. The Morgan fingerprint density at radius 1 is 0.634 bits per heavy atom. The van der Waals surface area contributed by atoms with Crippen LogP contribution in [0.15, 0.2) is 48.5 Å². The monoisotopic (exact) mass is 578 g/mol. The molecule has 0 aliphatic carbocycles. The number of carbonyl (C=O) groups is 2. The Morgan fingerprint density at radius 3 is 1.34 bits per heavy atom. The predicted octanol–water partition coefficient (Wildman–Crippen LogP) is 8.77. The van der Waals surface area contributed by atoms with E-state index in [2.05, 4.69) is 10.6 Å². The minimum absolute atomic E-state index is 0.169. The van der Waals surface area contributed by atoms with Gasteiger partial charge in [0.2, 0.25) is 34.8 Å². The van der Waals surface area contributed by atoms with E-state index >= 15 is 0 Å². The van der Waals surface area contributed by atoms with Gasteiger partial charge in [-0.1, -0.05) is 20.8 Å². The van der Waals surface area contributed by atoms with Gasteiger partial charge in [0.05, 0.1) is 6.61 Å². The molecule has 0 unspecified atom stereocenters. The van der Waals surface area contributed by atoms with Crippen LogP contribution in [0.5, 0.6) is 23.0 Å². The third-order valence-corrected chi connectivity index (χ3v) is 4.86. The van der Waals surface area contributed by atoms with Crippen LogP contribution in [0.1, 0.15) is 41.5 Å². The molecule has 41 heavy (non-hydrogen) atoms. The molecule has 0 bridgehead atoms. The van der Waals surface area contributed by atoms with Crippen LogP contribution >= 0.6 is 0 Å². The lowest BCUT2D eigenvalue weighted by molar-refractivity contribution is 0.0636. The molecule has 0 saturated carbocycles. The third kappa shape index (κ3) is 9.02. The minimum Gasteiger partial charge on any atom is -0.451 e. The molecule has 3 aromatic carbocycles. The number of benzene rings is 3. The van der Waals surface area contributed by atoms with Crippen LogP contribution in [0.3, 0.4) is 0 Å². The summed E-state index contributed by atoms with van der Waals surface area (Å²) in [6.07, 6.45) is -1.44. The normalized spacial score (nSPS) is 11.5. The van der Waals surface area contributed by atoms with E-state index in [1.54, 1.807) is 20.8 Å². The molecule has 8 nitrogen and oxygen atoms in total. The Bertz CT molecular complexity index is 1370. The van der Waals surface area contributed by atoms with Gasteiger partial charge in [0, 0.05) is 11.4 Å². The van der Waals surface area contributed by atoms with Crippen molar-refractivity contribution in [1.82, 2.24) is 0 Å². The molecule has 0 spiro atoms. The highest BCUT2D eigenvalue weighted by atomic mass is 19.2. The van der Waals surface area contributed by atoms with E-state index in [0.717, 1.165) is 0 Å². The van der Waals surface area contributed by atoms with E-state index < -0.39 is 52.6 Å². The molecule has 0 aromatic heterocycles. The Kier molecular flexibility index (Phi) is 9.36. The van der Waals surface area contributed by atoms with Gasteiger partial charge in [-0.2, -0.15) is 17.6 Å². The third-order valence-electron chi connectivity index (χ3n) is 4.86. The second kappa shape index (κ2) is 12.4. The molecule has 12 heteroatoms. The van der Waals surface area contributed by atoms with E-state index in [-0.39, 0.29) is 34.9 Å². The van der Waals surface area contributed by atoms with Crippen molar-refractivity contribution < 1.29 is 46.1 Å². The van der Waals surface area contributed by atoms with E-state index in [9.17, 15) is 27.2 Å². The molecular weight excluding hydrogens is 548 g/mol. The zero-order valence-electron chi connectivity index (χ0n) is 23.3. The largest absolute Gasteiger partial charge is 0.451 e. The van der Waals surface area contributed by atoms with Gasteiger partial charge in [0.1, 0.15) is 17.1 Å². The molecule has 3 rings (SSSR count). The Balaban J connectivity index is 1.70. The highest BCUT2D eigenvalue weighted by molar-refractivity contribution is 5.85. The van der Waals surface area contributed by atoms with E-state index in [0.29, 0.717) is 0 Å². The SMILES string of the molecule is CC(C)(C)COC(=O)Nc1ccc(Oc2c(F)c(F)c(Oc3ccc(NC(=O)OC(C)(C)C)cc3)c(F)c2F)cc1. The molecule has 0 heterocycles. The summed E-state index contributed by atoms with van der Waals surface area (Å²) in [4.78, 5) is 23.7. The summed E-state index contributed by atoms with van der Waals surface area (Å²) in [5.41, 5.74) is -0.406. The molecule has 2 N–H and O–H groups in total. The van der Waals surface area contributed by atoms with Crippen LogP contribution in [0.4, 0.5) is 38.5 Å². The molecule has 0 atom stereocenters. The van der Waals surface area contributed by atoms with Crippen molar-refractivity contribution in [2.24, 2.45) is 5.41 Å². The number of rotatable bonds is 7. The highest BCUT2D eigenvalue weighted by Crippen LogP contribution is 2.39. The van der Waals surface area contributed by atoms with Crippen molar-refractivity contribution in [2.45, 2.75) is 47.1 Å². The van der Waals surface area contributed by atoms with Gasteiger partial charge in [-0.15, -0.1) is 0 Å². The van der Waals surface area contributed by atoms with E-state index in [1.807, 2.05) is 20.8 Å². The summed E-state index contributed by atoms with van der Waals surface area (Å²) in [5.74, 6) is -10.3. The topological polar surface area (TPSA) is 95.1 Å². The zero-order valence-corrected chi connectivity index (χ0v) is 23.3. The quantitative estimate of drug-likeness (QED) is 0.215. The van der Waals surface area contributed by atoms with Crippen LogP contribution in [0.2, 0.25) is 0 Å². The average molecular weight is 579 g/mol. The number of hydrogen-bond donors (Lipinski definition) is 2. The number of carbonyl (C=O) groups excluding carboxylic acids is 2. The number of anilines is 2. The fourth-order valence-electron chi connectivity index (χ4n) is 3.08. The summed E-state index contributed by atoms with van der Waals surface area (Å²) >= 11 is 0. The lowest BCUT2D eigenvalue weighted by atomic mass is 9.99. The van der Waals surface area contributed by atoms with Crippen molar-refractivity contribution in [3.63, 3.8) is 0 Å². The maximum atomic E-state index is 14.7. The molecule has 0 radical (unpaired) electrons. The van der Waals surface area contributed by atoms with Crippen LogP contribution < -0.4 is 20.1 Å². The molecule has 0 aliphatic heterocycles. The first-order valence-corrected chi connectivity index (χ1v) is 12.4. The molecule has 3 aromatic rings. The lowest BCUT2D eigenvalue weighted by Gasteiger charge is -2.19. The van der Waals surface area contributed by atoms with E-state index in [4.69, 9.17) is 18.9 Å². The number of amides is 2. The molecular formula is C29H30F4N2O6. The summed E-state index contributed by atoms with van der Waals surface area (Å²) in [5, 5.41) is 4.93. The van der Waals surface area contributed by atoms with Gasteiger partial charge in [-0.3, -0.25) is 10.6 Å². The second-order valence-corrected chi connectivity index (χ2v) is 11.1. The first-order valence-electron chi connectivity index (χ1n) is 12.4. The van der Waals surface area contributed by atoms with Gasteiger partial charge in [0.15, 0.2) is 0 Å². The van der Waals surface area contributed by atoms with Crippen LogP contribution in [-0.2, 0) is 9.47 Å². The van der Waals surface area contributed by atoms with Crippen molar-refractivity contribution >= 4 is 23.6 Å². The number of halogens is 4. The Morgan fingerprint density at radius 2 is 1.00 bits per heavy atom. The average Bonchev–Trinajstić information content (AvgIpc) is 2.87. The van der Waals surface area contributed by atoms with Gasteiger partial charge >= 0.3 is 12.2 Å². The first-order chi connectivity index (χ1) is 19.0. The zero-order chi connectivity index (χ0) is 30.5. The second-order valence-electron chi connectivity index (χ2n) is 11.1. The summed E-state index contributed by atoms with van der Waals surface area (Å²) in [7, 11) is 0. The van der Waals surface area contributed by atoms with Crippen molar-refractivity contribution in [3.05, 3.63) is 71.8 Å². The molecule has 2 amide bonds. The fraction of sp³-hybridized carbons (Fsp3) is 0.310. The smallest absolute Gasteiger partial charge is 0.412 e. The van der Waals surface area contributed by atoms with Crippen LogP contribution in [0.25, 0.3) is 0 Å². The number of hydrogen-bond acceptors (Lipinski definition) is 6. The highest BCUT2D eigenvalue weighted by Gasteiger charge is 2.29. The van der Waals surface area contributed by atoms with Gasteiger partial charge < -0.3 is 18.9 Å². The molecule has 220 valence electrons. The van der Waals surface area contributed by atoms with Crippen LogP contribution in [0, 0.1) is 28.7 Å². The van der Waals surface area contributed by atoms with Crippen LogP contribution in [-0.4, -0.2) is 24.4 Å². The Hall–Kier alpha value is -4.48. The van der Waals surface area contributed by atoms with Crippen molar-refractivity contribution in [3.8, 4) is 23.0 Å². The maximum absolute atomic E-state index is 14.7. The number of nitrogens with one attached hydrogen (secondary N) is 2. The first kappa shape index (κ1) is 31.1. The number of ether oxygens (including phenoxy) is 4. The molecule has 0 saturated heterocycles. The standard InChI is InChI=1S/C29H30F4N2O6/c1-28(2,3)15-38-26(36)34-16-7-11-18(12-8-16)39-24-20(30)22(32)25(23(33)21(24)31)40-19-13-9-17(10-14-19)35-27(37)41-29(4,5)6/h7-14H,15H2,1-6H3,(H,34,36)(H,35,37). The van der Waals surface area contributed by atoms with Gasteiger partial charge in [-0.05, 0) is 74.7 Å². The van der Waals surface area contributed by atoms with Crippen molar-refractivity contribution in [2.75, 3.05) is 17.2 Å². The Labute approximate surface area is 234 Å². The summed E-state index contributed by atoms with van der Waals surface area (Å²) in [6, 6.07) is 10.3. The van der Waals surface area contributed by atoms with E-state index in [1.165, 1.54) is 48.5 Å².